The number of aliphatic carboxylic acids is 1. The van der Waals surface area contributed by atoms with E-state index in [0.717, 1.165) is 77.5 Å². The molecule has 6 heterocycles. The van der Waals surface area contributed by atoms with Crippen molar-refractivity contribution in [3.63, 3.8) is 0 Å². The van der Waals surface area contributed by atoms with Crippen molar-refractivity contribution in [2.75, 3.05) is 71.7 Å². The molecule has 7 aromatic carbocycles. The molecule has 39 nitrogen and oxygen atoms in total. The third-order valence-electron chi connectivity index (χ3n) is 15.9. The molecule has 0 unspecified atom stereocenters. The SMILES string of the molecule is C.CC(=O)O.CC(=O)c1cc(-c2cncnc2)c2c(c1)ncn2C.CC(=O)c1cc(Br)c(F)c([N+](=O)[O-])c1.CC(=O)c1cc(Br)c2c(c1)ncn2C.CN.CNc1c(Br)cc(C(C)=O)cc1[N+](=O)[O-].CNc1c(N)cc(C(C)=O)cc1Br.COC(OC)OC.Cn1cnc2cc(C(=O)O)cc(-c3cncnc3)c21.Nc1ccc(OC(F)(F)Cl)cc1.O[B]Oc1cncnc1.[2H]CF.[Fe].[Li+].[OH-]. The fourth-order valence-corrected chi connectivity index (χ4v) is 12.8. The Bertz CT molecular complexity index is 5850. The number of carboxylic acid groups (broad SMARTS) is 2. The predicted octanol–water partition coefficient (Wildman–Crippen LogP) is 13.8. The predicted molar refractivity (Wildman–Crippen MR) is 505 cm³/mol. The molecule has 0 saturated heterocycles. The topological polar surface area (TPSA) is 576 Å². The summed E-state index contributed by atoms with van der Waals surface area (Å²) in [5.74, 6) is -2.87. The van der Waals surface area contributed by atoms with Gasteiger partial charge < -0.3 is 85.9 Å². The number of benzene rings is 7. The van der Waals surface area contributed by atoms with Crippen LogP contribution in [0.4, 0.5) is 51.7 Å². The Morgan fingerprint density at radius 1 is 0.545 bits per heavy atom. The molecule has 6 aromatic heterocycles. The molecule has 0 fully saturated rings. The van der Waals surface area contributed by atoms with Crippen LogP contribution in [0, 0.1) is 26.0 Å². The van der Waals surface area contributed by atoms with Crippen molar-refractivity contribution in [3.05, 3.63) is 250 Å². The number of ether oxygens (including phenoxy) is 4. The number of aryl methyl sites for hydroxylation is 3. The molecule has 0 aliphatic carbocycles. The number of nitrogens with zero attached hydrogens (tertiary/aromatic N) is 14. The number of methoxy groups -OCH3 is 3. The maximum atomic E-state index is 13.1. The molecule has 0 aliphatic heterocycles. The quantitative estimate of drug-likeness (QED) is 0.00545. The Hall–Kier alpha value is -12.0. The molecule has 0 amide bonds. The standard InChI is InChI=1S/C14H12N4O.C13H10N4O2.C10H9BrN2O.C9H9BrN2O3.C9H11BrN2O.C8H5BrFNO3.C7H6ClF2NO.C4H4BN2O2.C4H10O3.C2H4O2.CH3F.CH5N.CH4.Fe.Li.H2O/c1-9(19)10-3-12(11-5-15-7-16-6-11)14-13(4-10)17-8-18(14)2;1-17-7-16-11-3-8(13(18)19)2-10(12(11)17)9-4-14-6-15-5-9;1-6(14)7-3-8(11)10-9(4-7)12-5-13(10)2;1-5(13)6-3-7(10)9(11-2)8(4-6)12(14)15;1-5(13)6-3-7(10)9(12-2)8(11)4-6;1-4(12)5-2-6(9)8(10)7(3-5)11(13)14;8-7(9,10)12-6-3-1-5(11)2-4-6;8-5-9-4-1-6-3-7-2-4;1-5-4(6-2)7-3;1-2(3)4;2*1-2;;;;/h3-8H,1-2H3;2-7H,1H3,(H,18,19);3-5H,1-2H3;3-4,11H,1-2H3;3-4,12H,11H2,1-2H3;2-3H,1H3;1-4H,11H2;1-3,8H;4H,1-3H3;1H3,(H,3,4);1H3;2H2,1H3;1H4;;;1H2/q;;;;;;;;;;;;;;+1;/p-1/i;;;;;;;;;;1D;;;;;. The van der Waals surface area contributed by atoms with Gasteiger partial charge in [0.05, 0.1) is 104 Å². The number of carboxylic acids is 2. The molecule has 0 saturated carbocycles. The zero-order valence-corrected chi connectivity index (χ0v) is 81.8. The van der Waals surface area contributed by atoms with E-state index in [0.29, 0.717) is 62.7 Å². The number of aromatic carboxylic acids is 1. The van der Waals surface area contributed by atoms with Gasteiger partial charge in [-0.25, -0.2) is 49.7 Å². The van der Waals surface area contributed by atoms with Crippen molar-refractivity contribution in [3.8, 4) is 33.8 Å². The van der Waals surface area contributed by atoms with Crippen LogP contribution in [0.5, 0.6) is 11.5 Å². The Morgan fingerprint density at radius 2 is 0.866 bits per heavy atom. The van der Waals surface area contributed by atoms with Crippen molar-refractivity contribution in [2.45, 2.75) is 61.0 Å². The summed E-state index contributed by atoms with van der Waals surface area (Å²) in [4.78, 5) is 132. The Balaban J connectivity index is -0.00000145. The number of anilines is 4. The number of nitrogen functional groups attached to an aromatic ring is 2. The Kier molecular flexibility index (Phi) is 59.2. The van der Waals surface area contributed by atoms with Gasteiger partial charge in [-0.3, -0.25) is 53.4 Å². The number of nitro groups is 2. The summed E-state index contributed by atoms with van der Waals surface area (Å²) in [6.07, 6.45) is 19.1. The first kappa shape index (κ1) is 124. The molecule has 13 aromatic rings. The van der Waals surface area contributed by atoms with Crippen LogP contribution in [0.15, 0.2) is 190 Å². The van der Waals surface area contributed by atoms with Crippen LogP contribution in [0.2, 0.25) is 0 Å². The zero-order chi connectivity index (χ0) is 99.3. The third kappa shape index (κ3) is 41.2. The van der Waals surface area contributed by atoms with E-state index in [9.17, 15) is 66.6 Å². The molecule has 1 radical (unpaired) electrons. The number of nitrogens with two attached hydrogens (primary N) is 3. The van der Waals surface area contributed by atoms with Gasteiger partial charge in [0.25, 0.3) is 18.1 Å². The summed E-state index contributed by atoms with van der Waals surface area (Å²) in [5, 5.41) is 51.5. The van der Waals surface area contributed by atoms with Gasteiger partial charge in [0.1, 0.15) is 36.2 Å². The number of Topliss-reactive ketones (excluding diaryl/α,β-unsaturated/α-hetero) is 5. The number of nitrogens with one attached hydrogen (secondary N) is 2. The minimum atomic E-state index is -3.67. The molecule has 13 rings (SSSR count). The number of halogens is 9. The molecule has 715 valence electrons. The van der Waals surface area contributed by atoms with Crippen LogP contribution in [0.1, 0.15) is 112 Å². The zero-order valence-electron chi connectivity index (χ0n) is 74.6. The van der Waals surface area contributed by atoms with Crippen molar-refractivity contribution in [1.29, 1.82) is 0 Å². The van der Waals surface area contributed by atoms with E-state index in [4.69, 9.17) is 32.9 Å². The third-order valence-corrected chi connectivity index (χ3v) is 18.4. The summed E-state index contributed by atoms with van der Waals surface area (Å²) in [6.45, 7) is 7.81. The van der Waals surface area contributed by atoms with Crippen molar-refractivity contribution in [2.24, 2.45) is 26.9 Å². The summed E-state index contributed by atoms with van der Waals surface area (Å²) in [5.41, 5.74) is 24.3. The molecular weight excluding hydrogens is 2090 g/mol. The molecule has 0 atom stereocenters. The van der Waals surface area contributed by atoms with Gasteiger partial charge in [-0.2, -0.15) is 4.39 Å². The van der Waals surface area contributed by atoms with Crippen LogP contribution >= 0.6 is 75.3 Å². The number of carbonyl (C=O) groups excluding carboxylic acids is 5. The van der Waals surface area contributed by atoms with Crippen molar-refractivity contribution in [1.82, 2.24) is 58.6 Å². The van der Waals surface area contributed by atoms with E-state index >= 15 is 0 Å². The van der Waals surface area contributed by atoms with E-state index in [1.807, 2.05) is 59.1 Å². The van der Waals surface area contributed by atoms with E-state index in [1.54, 1.807) is 102 Å². The first-order valence-electron chi connectivity index (χ1n) is 37.0. The van der Waals surface area contributed by atoms with Crippen LogP contribution in [-0.4, -0.2) is 199 Å². The summed E-state index contributed by atoms with van der Waals surface area (Å²) in [7, 11) is 14.7. The summed E-state index contributed by atoms with van der Waals surface area (Å²) in [6, 6.07) is 24.4. The van der Waals surface area contributed by atoms with E-state index in [2.05, 4.69) is 160 Å². The number of carbonyl (C=O) groups is 7. The Labute approximate surface area is 829 Å². The summed E-state index contributed by atoms with van der Waals surface area (Å²) >= 11 is 17.3. The van der Waals surface area contributed by atoms with Gasteiger partial charge in [0.15, 0.2) is 28.9 Å². The molecule has 0 aliphatic rings. The molecule has 0 spiro atoms. The van der Waals surface area contributed by atoms with Gasteiger partial charge >= 0.3 is 43.8 Å². The van der Waals surface area contributed by atoms with Crippen LogP contribution in [0.25, 0.3) is 55.4 Å². The monoisotopic (exact) mass is 2180 g/mol. The molecule has 134 heavy (non-hydrogen) atoms. The number of ketones is 5. The second-order valence-corrected chi connectivity index (χ2v) is 28.9. The van der Waals surface area contributed by atoms with Gasteiger partial charge in [0.2, 0.25) is 5.82 Å². The number of rotatable bonds is 19. The number of imidazole rings is 3. The summed E-state index contributed by atoms with van der Waals surface area (Å²) < 4.78 is 82.8. The second kappa shape index (κ2) is 64.0. The van der Waals surface area contributed by atoms with Crippen LogP contribution < -0.4 is 56.1 Å². The minimum Gasteiger partial charge on any atom is -0.870 e. The number of hydrogen-bond acceptors (Lipinski definition) is 32. The fraction of sp³-hybridized carbons (Fsp3) is 0.229. The number of nitro benzene ring substituents is 2. The van der Waals surface area contributed by atoms with E-state index in [-0.39, 0.29) is 105 Å². The van der Waals surface area contributed by atoms with Gasteiger partial charge in [0, 0.05) is 198 Å². The molecule has 12 N–H and O–H groups in total. The van der Waals surface area contributed by atoms with E-state index < -0.39 is 52.5 Å². The van der Waals surface area contributed by atoms with Gasteiger partial charge in [-0.1, -0.05) is 7.43 Å². The average molecular weight is 2180 g/mol. The van der Waals surface area contributed by atoms with Crippen molar-refractivity contribution >= 4 is 191 Å². The van der Waals surface area contributed by atoms with Gasteiger partial charge in [-0.05, 0) is 190 Å². The number of hydrogen-bond donors (Lipinski definition) is 8. The van der Waals surface area contributed by atoms with Crippen LogP contribution in [-0.2, 0) is 57.2 Å². The Morgan fingerprint density at radius 3 is 1.21 bits per heavy atom. The smallest absolute Gasteiger partial charge is 0.870 e. The largest absolute Gasteiger partial charge is 1.00 e. The molecule has 0 bridgehead atoms. The minimum absolute atomic E-state index is 0. The maximum absolute atomic E-state index is 13.1. The first-order valence-corrected chi connectivity index (χ1v) is 39.9. The van der Waals surface area contributed by atoms with E-state index in [1.165, 1.54) is 117 Å². The molecular formula is C83H93BBr4ClF4FeLiN19O20. The average Bonchev–Trinajstić information content (AvgIpc) is 1.66. The second-order valence-electron chi connectivity index (χ2n) is 25.0. The maximum Gasteiger partial charge on any atom is 1.00 e. The number of alkyl halides is 4. The van der Waals surface area contributed by atoms with Crippen LogP contribution in [0.3, 0.4) is 0 Å². The fourth-order valence-electron chi connectivity index (χ4n) is 10.2. The van der Waals surface area contributed by atoms with Gasteiger partial charge in [-0.15, -0.1) is 8.78 Å². The van der Waals surface area contributed by atoms with Crippen molar-refractivity contribution < 1.29 is 143 Å². The number of aromatic nitrogens is 12. The molecule has 51 heteroatoms. The normalized spacial score (nSPS) is 9.77. The first-order chi connectivity index (χ1) is 61.8. The number of fused-ring (bicyclic) bond motifs is 3.